The first-order valence-corrected chi connectivity index (χ1v) is 9.50. The molecule has 2 aromatic rings. The van der Waals surface area contributed by atoms with E-state index in [1.165, 1.54) is 26.0 Å². The van der Waals surface area contributed by atoms with Crippen LogP contribution in [0.3, 0.4) is 0 Å². The molecule has 2 aromatic carbocycles. The van der Waals surface area contributed by atoms with E-state index in [0.717, 1.165) is 6.07 Å². The number of alkyl halides is 4. The summed E-state index contributed by atoms with van der Waals surface area (Å²) in [6.45, 7) is 2.65. The fourth-order valence-corrected chi connectivity index (χ4v) is 4.67. The molecule has 0 radical (unpaired) electrons. The zero-order valence-corrected chi connectivity index (χ0v) is 15.9. The van der Waals surface area contributed by atoms with Crippen LogP contribution >= 0.6 is 0 Å². The normalized spacial score (nSPS) is 23.9. The van der Waals surface area contributed by atoms with Crippen molar-refractivity contribution in [1.29, 1.82) is 0 Å². The van der Waals surface area contributed by atoms with Crippen molar-refractivity contribution in [1.82, 2.24) is 0 Å². The summed E-state index contributed by atoms with van der Waals surface area (Å²) >= 11 is 0. The van der Waals surface area contributed by atoms with E-state index in [0.29, 0.717) is 5.56 Å². The number of hydrogen-bond acceptors (Lipinski definition) is 0. The average Bonchev–Trinajstić information content (AvgIpc) is 3.00. The van der Waals surface area contributed by atoms with Gasteiger partial charge in [0.1, 0.15) is 5.82 Å². The van der Waals surface area contributed by atoms with E-state index >= 15 is 0 Å². The van der Waals surface area contributed by atoms with Crippen LogP contribution in [0, 0.1) is 36.2 Å². The Morgan fingerprint density at radius 2 is 1.52 bits per heavy atom. The molecule has 7 heteroatoms. The van der Waals surface area contributed by atoms with E-state index in [4.69, 9.17) is 0 Å². The van der Waals surface area contributed by atoms with Gasteiger partial charge in [-0.2, -0.15) is 0 Å². The highest BCUT2D eigenvalue weighted by Gasteiger charge is 2.51. The molecule has 0 nitrogen and oxygen atoms in total. The molecule has 0 saturated carbocycles. The van der Waals surface area contributed by atoms with Crippen LogP contribution < -0.4 is 0 Å². The lowest BCUT2D eigenvalue weighted by molar-refractivity contribution is -0.0578. The van der Waals surface area contributed by atoms with Gasteiger partial charge < -0.3 is 0 Å². The molecule has 156 valence electrons. The summed E-state index contributed by atoms with van der Waals surface area (Å²) < 4.78 is 99.9. The van der Waals surface area contributed by atoms with Crippen LogP contribution in [0.1, 0.15) is 46.7 Å². The number of aryl methyl sites for hydroxylation is 2. The Labute approximate surface area is 163 Å². The van der Waals surface area contributed by atoms with Crippen molar-refractivity contribution in [3.8, 4) is 0 Å². The quantitative estimate of drug-likeness (QED) is 0.495. The highest BCUT2D eigenvalue weighted by Crippen LogP contribution is 2.50. The van der Waals surface area contributed by atoms with Gasteiger partial charge in [0, 0.05) is 11.8 Å². The zero-order chi connectivity index (χ0) is 21.3. The summed E-state index contributed by atoms with van der Waals surface area (Å²) in [4.78, 5) is 0. The molecule has 2 unspecified atom stereocenters. The summed E-state index contributed by atoms with van der Waals surface area (Å²) in [6, 6.07) is 3.65. The topological polar surface area (TPSA) is 0 Å². The maximum absolute atomic E-state index is 14.7. The Kier molecular flexibility index (Phi) is 4.52. The molecule has 2 aliphatic carbocycles. The van der Waals surface area contributed by atoms with Crippen molar-refractivity contribution in [2.45, 2.75) is 51.4 Å². The minimum atomic E-state index is -3.55. The molecule has 0 spiro atoms. The zero-order valence-electron chi connectivity index (χ0n) is 15.9. The Balaban J connectivity index is 1.58. The van der Waals surface area contributed by atoms with Crippen LogP contribution in [0.5, 0.6) is 0 Å². The first kappa shape index (κ1) is 20.2. The molecule has 4 rings (SSSR count). The Bertz CT molecular complexity index is 993. The second-order valence-corrected chi connectivity index (χ2v) is 8.26. The summed E-state index contributed by atoms with van der Waals surface area (Å²) in [7, 11) is 0. The monoisotopic (exact) mass is 416 g/mol. The third-order valence-corrected chi connectivity index (χ3v) is 6.27. The van der Waals surface area contributed by atoms with Gasteiger partial charge in [0.05, 0.1) is 11.1 Å². The van der Waals surface area contributed by atoms with Gasteiger partial charge in [-0.3, -0.25) is 0 Å². The Morgan fingerprint density at radius 3 is 2.21 bits per heavy atom. The molecule has 0 bridgehead atoms. The maximum Gasteiger partial charge on any atom is 0.279 e. The van der Waals surface area contributed by atoms with Gasteiger partial charge in [-0.15, -0.1) is 0 Å². The largest absolute Gasteiger partial charge is 0.279 e. The van der Waals surface area contributed by atoms with Crippen molar-refractivity contribution in [3.05, 3.63) is 69.0 Å². The van der Waals surface area contributed by atoms with E-state index < -0.39 is 52.3 Å². The first-order chi connectivity index (χ1) is 13.4. The number of hydrogen-bond donors (Lipinski definition) is 0. The Hall–Kier alpha value is -2.05. The number of halogens is 7. The lowest BCUT2D eigenvalue weighted by Gasteiger charge is -2.21. The van der Waals surface area contributed by atoms with Gasteiger partial charge in [-0.05, 0) is 60.9 Å². The first-order valence-electron chi connectivity index (χ1n) is 9.50. The standard InChI is InChI=1S/C22H19F7/c1-10-5-13-9-15(22(28,29)18(13)20(25)19(10)24)4-3-12-7-14-6-11(2)21(26,27)17(14)16(23)8-12/h5,7-8,11,15H,3-4,6,9H2,1-2H3. The molecular weight excluding hydrogens is 397 g/mol. The SMILES string of the molecule is Cc1cc2c(c(F)c1F)C(F)(F)C(CCc1cc(F)c3c(c1)CC(C)C3(F)F)C2. The minimum absolute atomic E-state index is 0.0158. The predicted octanol–water partition coefficient (Wildman–Crippen LogP) is 6.59. The van der Waals surface area contributed by atoms with E-state index in [9.17, 15) is 30.7 Å². The molecule has 0 heterocycles. The van der Waals surface area contributed by atoms with Crippen molar-refractivity contribution in [2.24, 2.45) is 11.8 Å². The smallest absolute Gasteiger partial charge is 0.206 e. The highest BCUT2D eigenvalue weighted by molar-refractivity contribution is 5.43. The van der Waals surface area contributed by atoms with Crippen LogP contribution in [-0.4, -0.2) is 0 Å². The lowest BCUT2D eigenvalue weighted by atomic mass is 9.93. The molecule has 0 amide bonds. The van der Waals surface area contributed by atoms with Crippen molar-refractivity contribution in [2.75, 3.05) is 0 Å². The summed E-state index contributed by atoms with van der Waals surface area (Å²) in [6.07, 6.45) is -0.182. The van der Waals surface area contributed by atoms with Gasteiger partial charge in [0.15, 0.2) is 11.6 Å². The van der Waals surface area contributed by atoms with E-state index in [-0.39, 0.29) is 42.4 Å². The fourth-order valence-electron chi connectivity index (χ4n) is 4.67. The molecular formula is C22H19F7. The van der Waals surface area contributed by atoms with Gasteiger partial charge in [0.25, 0.3) is 11.8 Å². The molecule has 29 heavy (non-hydrogen) atoms. The van der Waals surface area contributed by atoms with Crippen molar-refractivity contribution >= 4 is 0 Å². The van der Waals surface area contributed by atoms with Crippen molar-refractivity contribution in [3.63, 3.8) is 0 Å². The third-order valence-electron chi connectivity index (χ3n) is 6.27. The highest BCUT2D eigenvalue weighted by atomic mass is 19.3. The summed E-state index contributed by atoms with van der Waals surface area (Å²) in [5.74, 6) is -12.9. The molecule has 2 aliphatic rings. The van der Waals surface area contributed by atoms with Gasteiger partial charge in [-0.25, -0.2) is 30.7 Å². The number of rotatable bonds is 3. The fraction of sp³-hybridized carbons (Fsp3) is 0.455. The second-order valence-electron chi connectivity index (χ2n) is 8.26. The van der Waals surface area contributed by atoms with Crippen LogP contribution in [0.15, 0.2) is 18.2 Å². The van der Waals surface area contributed by atoms with Crippen LogP contribution in [0.4, 0.5) is 30.7 Å². The maximum atomic E-state index is 14.7. The van der Waals surface area contributed by atoms with Crippen LogP contribution in [0.2, 0.25) is 0 Å². The minimum Gasteiger partial charge on any atom is -0.206 e. The van der Waals surface area contributed by atoms with Crippen LogP contribution in [0.25, 0.3) is 0 Å². The third kappa shape index (κ3) is 2.96. The van der Waals surface area contributed by atoms with Crippen LogP contribution in [-0.2, 0) is 31.1 Å². The summed E-state index contributed by atoms with van der Waals surface area (Å²) in [5, 5.41) is 0. The molecule has 2 atom stereocenters. The summed E-state index contributed by atoms with van der Waals surface area (Å²) in [5.41, 5.74) is -0.929. The van der Waals surface area contributed by atoms with Crippen molar-refractivity contribution < 1.29 is 30.7 Å². The number of fused-ring (bicyclic) bond motifs is 2. The molecule has 0 fully saturated rings. The van der Waals surface area contributed by atoms with Gasteiger partial charge >= 0.3 is 0 Å². The van der Waals surface area contributed by atoms with Gasteiger partial charge in [-0.1, -0.05) is 19.1 Å². The predicted molar refractivity (Wildman–Crippen MR) is 93.7 cm³/mol. The second kappa shape index (κ2) is 6.47. The van der Waals surface area contributed by atoms with E-state index in [1.54, 1.807) is 0 Å². The van der Waals surface area contributed by atoms with E-state index in [2.05, 4.69) is 0 Å². The lowest BCUT2D eigenvalue weighted by Crippen LogP contribution is -2.23. The molecule has 0 saturated heterocycles. The average molecular weight is 416 g/mol. The molecule has 0 N–H and O–H groups in total. The Morgan fingerprint density at radius 1 is 0.862 bits per heavy atom. The van der Waals surface area contributed by atoms with Gasteiger partial charge in [0.2, 0.25) is 0 Å². The molecule has 0 aliphatic heterocycles. The number of benzene rings is 2. The van der Waals surface area contributed by atoms with E-state index in [1.807, 2.05) is 0 Å². The molecule has 0 aromatic heterocycles.